The number of allylic oxidation sites excluding steroid dienone is 1. The van der Waals surface area contributed by atoms with E-state index >= 15 is 0 Å². The van der Waals surface area contributed by atoms with Crippen LogP contribution in [-0.2, 0) is 4.79 Å². The first-order valence-electron chi connectivity index (χ1n) is 6.54. The average Bonchev–Trinajstić information content (AvgIpc) is 2.59. The zero-order valence-electron chi connectivity index (χ0n) is 11.3. The highest BCUT2D eigenvalue weighted by atomic mass is 16.3. The number of carbonyl (C=O) groups excluding carboxylic acids is 1. The zero-order chi connectivity index (χ0) is 13.7. The van der Waals surface area contributed by atoms with E-state index in [9.17, 15) is 15.0 Å². The predicted molar refractivity (Wildman–Crippen MR) is 69.9 cm³/mol. The van der Waals surface area contributed by atoms with Crippen molar-refractivity contribution in [2.75, 3.05) is 0 Å². The highest BCUT2D eigenvalue weighted by Crippen LogP contribution is 2.52. The smallest absolute Gasteiger partial charge is 0.159 e. The molecule has 100 valence electrons. The fourth-order valence-corrected chi connectivity index (χ4v) is 3.50. The SMILES string of the molecule is C=C(C)C1CC(O)C(C)C2(C=C(C)C(=O)C2)C1O. The molecule has 1 saturated carbocycles. The number of carbonyl (C=O) groups is 1. The van der Waals surface area contributed by atoms with Crippen LogP contribution in [0.5, 0.6) is 0 Å². The van der Waals surface area contributed by atoms with Gasteiger partial charge in [-0.25, -0.2) is 0 Å². The molecule has 2 N–H and O–H groups in total. The normalized spacial score (nSPS) is 44.3. The van der Waals surface area contributed by atoms with E-state index in [2.05, 4.69) is 6.58 Å². The van der Waals surface area contributed by atoms with Gasteiger partial charge >= 0.3 is 0 Å². The first kappa shape index (κ1) is 13.5. The molecule has 1 fully saturated rings. The Labute approximate surface area is 108 Å². The van der Waals surface area contributed by atoms with Crippen molar-refractivity contribution in [3.05, 3.63) is 23.8 Å². The molecule has 0 radical (unpaired) electrons. The summed E-state index contributed by atoms with van der Waals surface area (Å²) >= 11 is 0. The van der Waals surface area contributed by atoms with E-state index in [0.29, 0.717) is 18.4 Å². The molecule has 5 atom stereocenters. The molecule has 0 bridgehead atoms. The highest BCUT2D eigenvalue weighted by Gasteiger charge is 2.54. The summed E-state index contributed by atoms with van der Waals surface area (Å²) in [5.41, 5.74) is 0.969. The van der Waals surface area contributed by atoms with Crippen molar-refractivity contribution >= 4 is 5.78 Å². The van der Waals surface area contributed by atoms with Crippen LogP contribution in [0, 0.1) is 17.3 Å². The first-order valence-corrected chi connectivity index (χ1v) is 6.54. The van der Waals surface area contributed by atoms with Gasteiger partial charge in [-0.3, -0.25) is 4.79 Å². The molecule has 1 spiro atoms. The van der Waals surface area contributed by atoms with Crippen molar-refractivity contribution in [1.29, 1.82) is 0 Å². The van der Waals surface area contributed by atoms with Crippen molar-refractivity contribution in [2.24, 2.45) is 17.3 Å². The number of ketones is 1. The molecule has 2 aliphatic carbocycles. The van der Waals surface area contributed by atoms with Crippen LogP contribution in [0.2, 0.25) is 0 Å². The summed E-state index contributed by atoms with van der Waals surface area (Å²) < 4.78 is 0. The number of rotatable bonds is 1. The maximum absolute atomic E-state index is 11.8. The second-order valence-electron chi connectivity index (χ2n) is 6.03. The van der Waals surface area contributed by atoms with Crippen molar-refractivity contribution in [3.63, 3.8) is 0 Å². The molecule has 2 aliphatic rings. The number of hydrogen-bond acceptors (Lipinski definition) is 3. The molecule has 0 amide bonds. The third-order valence-electron chi connectivity index (χ3n) is 4.88. The Morgan fingerprint density at radius 1 is 1.50 bits per heavy atom. The summed E-state index contributed by atoms with van der Waals surface area (Å²) in [6.45, 7) is 9.48. The van der Waals surface area contributed by atoms with Gasteiger partial charge in [0, 0.05) is 17.8 Å². The Kier molecular flexibility index (Phi) is 3.24. The molecular formula is C15H22O3. The average molecular weight is 250 g/mol. The zero-order valence-corrected chi connectivity index (χ0v) is 11.3. The van der Waals surface area contributed by atoms with Crippen LogP contribution < -0.4 is 0 Å². The van der Waals surface area contributed by atoms with Gasteiger partial charge in [-0.05, 0) is 31.8 Å². The largest absolute Gasteiger partial charge is 0.393 e. The van der Waals surface area contributed by atoms with E-state index in [-0.39, 0.29) is 17.6 Å². The van der Waals surface area contributed by atoms with E-state index in [0.717, 1.165) is 5.57 Å². The molecule has 0 heterocycles. The standard InChI is InChI=1S/C15H22O3/c1-8(2)11-5-12(16)10(4)15(14(11)18)6-9(3)13(17)7-15/h6,10-12,14,16,18H,1,5,7H2,2-4H3. The van der Waals surface area contributed by atoms with Crippen LogP contribution in [0.3, 0.4) is 0 Å². The molecule has 3 heteroatoms. The van der Waals surface area contributed by atoms with Crippen LogP contribution >= 0.6 is 0 Å². The Morgan fingerprint density at radius 2 is 2.11 bits per heavy atom. The molecule has 18 heavy (non-hydrogen) atoms. The molecule has 3 nitrogen and oxygen atoms in total. The third-order valence-corrected chi connectivity index (χ3v) is 4.88. The topological polar surface area (TPSA) is 57.5 Å². The first-order chi connectivity index (χ1) is 8.29. The molecule has 0 aromatic heterocycles. The van der Waals surface area contributed by atoms with Gasteiger partial charge in [-0.1, -0.05) is 25.2 Å². The van der Waals surface area contributed by atoms with Crippen molar-refractivity contribution < 1.29 is 15.0 Å². The quantitative estimate of drug-likeness (QED) is 0.698. The second-order valence-corrected chi connectivity index (χ2v) is 6.03. The summed E-state index contributed by atoms with van der Waals surface area (Å²) in [5.74, 6) is -0.161. The van der Waals surface area contributed by atoms with Crippen LogP contribution in [0.1, 0.15) is 33.6 Å². The fourth-order valence-electron chi connectivity index (χ4n) is 3.50. The molecule has 5 unspecified atom stereocenters. The maximum atomic E-state index is 11.8. The summed E-state index contributed by atoms with van der Waals surface area (Å²) in [4.78, 5) is 11.8. The third kappa shape index (κ3) is 1.77. The van der Waals surface area contributed by atoms with E-state index in [1.807, 2.05) is 19.9 Å². The minimum atomic E-state index is -0.630. The van der Waals surface area contributed by atoms with Crippen molar-refractivity contribution in [2.45, 2.75) is 45.8 Å². The minimum Gasteiger partial charge on any atom is -0.393 e. The Morgan fingerprint density at radius 3 is 2.56 bits per heavy atom. The van der Waals surface area contributed by atoms with Gasteiger partial charge in [0.15, 0.2) is 5.78 Å². The summed E-state index contributed by atoms with van der Waals surface area (Å²) in [5, 5.41) is 20.9. The summed E-state index contributed by atoms with van der Waals surface area (Å²) in [7, 11) is 0. The van der Waals surface area contributed by atoms with Gasteiger partial charge in [0.2, 0.25) is 0 Å². The van der Waals surface area contributed by atoms with Gasteiger partial charge in [-0.15, -0.1) is 0 Å². The lowest BCUT2D eigenvalue weighted by Crippen LogP contribution is -2.52. The molecule has 0 saturated heterocycles. The van der Waals surface area contributed by atoms with Crippen LogP contribution in [0.25, 0.3) is 0 Å². The van der Waals surface area contributed by atoms with E-state index in [1.54, 1.807) is 6.92 Å². The van der Waals surface area contributed by atoms with Gasteiger partial charge in [0.25, 0.3) is 0 Å². The molecule has 0 aromatic rings. The van der Waals surface area contributed by atoms with E-state index in [1.165, 1.54) is 0 Å². The Hall–Kier alpha value is -0.930. The fraction of sp³-hybridized carbons (Fsp3) is 0.667. The minimum absolute atomic E-state index is 0.0791. The molecule has 0 aromatic carbocycles. The number of Topliss-reactive ketones (excluding diaryl/α,β-unsaturated/α-hetero) is 1. The number of aliphatic hydroxyl groups is 2. The predicted octanol–water partition coefficient (Wildman–Crippen LogP) is 1.85. The van der Waals surface area contributed by atoms with E-state index < -0.39 is 17.6 Å². The van der Waals surface area contributed by atoms with E-state index in [4.69, 9.17) is 0 Å². The number of hydrogen-bond donors (Lipinski definition) is 2. The lowest BCUT2D eigenvalue weighted by Gasteiger charge is -2.49. The van der Waals surface area contributed by atoms with Crippen LogP contribution in [-0.4, -0.2) is 28.2 Å². The van der Waals surface area contributed by atoms with Crippen LogP contribution in [0.4, 0.5) is 0 Å². The number of aliphatic hydroxyl groups excluding tert-OH is 2. The second kappa shape index (κ2) is 4.32. The lowest BCUT2D eigenvalue weighted by atomic mass is 9.59. The summed E-state index contributed by atoms with van der Waals surface area (Å²) in [6.07, 6.45) is 1.59. The van der Waals surface area contributed by atoms with Crippen molar-refractivity contribution in [3.8, 4) is 0 Å². The molecule has 2 rings (SSSR count). The molecular weight excluding hydrogens is 228 g/mol. The van der Waals surface area contributed by atoms with Gasteiger partial charge in [0.05, 0.1) is 12.2 Å². The highest BCUT2D eigenvalue weighted by molar-refractivity contribution is 5.98. The van der Waals surface area contributed by atoms with Gasteiger partial charge in [0.1, 0.15) is 0 Å². The monoisotopic (exact) mass is 250 g/mol. The Balaban J connectivity index is 2.44. The molecule has 0 aliphatic heterocycles. The summed E-state index contributed by atoms with van der Waals surface area (Å²) in [6, 6.07) is 0. The Bertz CT molecular complexity index is 423. The lowest BCUT2D eigenvalue weighted by molar-refractivity contribution is -0.127. The van der Waals surface area contributed by atoms with Gasteiger partial charge in [-0.2, -0.15) is 0 Å². The van der Waals surface area contributed by atoms with Crippen molar-refractivity contribution in [1.82, 2.24) is 0 Å². The van der Waals surface area contributed by atoms with Crippen LogP contribution in [0.15, 0.2) is 23.8 Å². The maximum Gasteiger partial charge on any atom is 0.159 e. The van der Waals surface area contributed by atoms with Gasteiger partial charge < -0.3 is 10.2 Å².